The summed E-state index contributed by atoms with van der Waals surface area (Å²) in [6.07, 6.45) is 4.96. The van der Waals surface area contributed by atoms with E-state index in [4.69, 9.17) is 11.5 Å². The van der Waals surface area contributed by atoms with Gasteiger partial charge in [-0.3, -0.25) is 9.59 Å². The summed E-state index contributed by atoms with van der Waals surface area (Å²) in [4.78, 5) is 24.7. The molecule has 0 saturated carbocycles. The topological polar surface area (TPSA) is 89.4 Å². The molecule has 5 nitrogen and oxygen atoms in total. The second kappa shape index (κ2) is 7.36. The van der Waals surface area contributed by atoms with Crippen molar-refractivity contribution in [2.75, 3.05) is 13.1 Å². The van der Waals surface area contributed by atoms with Gasteiger partial charge in [0.2, 0.25) is 11.8 Å². The van der Waals surface area contributed by atoms with E-state index in [9.17, 15) is 9.59 Å². The van der Waals surface area contributed by atoms with Crippen LogP contribution in [0.4, 0.5) is 0 Å². The summed E-state index contributed by atoms with van der Waals surface area (Å²) in [7, 11) is 0. The molecule has 1 unspecified atom stereocenters. The molecule has 1 aliphatic heterocycles. The first-order valence-electron chi connectivity index (χ1n) is 6.87. The number of unbranched alkanes of at least 4 members (excludes halogenated alkanes) is 1. The van der Waals surface area contributed by atoms with Crippen molar-refractivity contribution in [3.63, 3.8) is 0 Å². The van der Waals surface area contributed by atoms with E-state index in [0.29, 0.717) is 25.4 Å². The van der Waals surface area contributed by atoms with Crippen LogP contribution in [0.25, 0.3) is 0 Å². The van der Waals surface area contributed by atoms with Crippen molar-refractivity contribution in [3.05, 3.63) is 0 Å². The minimum absolute atomic E-state index is 0.0565. The summed E-state index contributed by atoms with van der Waals surface area (Å²) in [6.45, 7) is 3.50. The lowest BCUT2D eigenvalue weighted by molar-refractivity contribution is -0.134. The first-order valence-corrected chi connectivity index (χ1v) is 6.87. The van der Waals surface area contributed by atoms with E-state index in [1.165, 1.54) is 0 Å². The van der Waals surface area contributed by atoms with E-state index in [1.807, 2.05) is 4.90 Å². The molecule has 1 saturated heterocycles. The van der Waals surface area contributed by atoms with Gasteiger partial charge in [-0.15, -0.1) is 0 Å². The molecule has 1 atom stereocenters. The molecule has 0 aromatic rings. The van der Waals surface area contributed by atoms with Crippen LogP contribution in [0.5, 0.6) is 0 Å². The van der Waals surface area contributed by atoms with E-state index < -0.39 is 0 Å². The molecule has 0 aromatic carbocycles. The number of likely N-dealkylation sites (tertiary alicyclic amines) is 1. The van der Waals surface area contributed by atoms with Crippen LogP contribution in [0.1, 0.15) is 45.4 Å². The smallest absolute Gasteiger partial charge is 0.239 e. The molecule has 18 heavy (non-hydrogen) atoms. The minimum Gasteiger partial charge on any atom is -0.370 e. The van der Waals surface area contributed by atoms with Gasteiger partial charge in [-0.2, -0.15) is 0 Å². The Balaban J connectivity index is 2.33. The molecule has 1 heterocycles. The Labute approximate surface area is 109 Å². The lowest BCUT2D eigenvalue weighted by Gasteiger charge is -2.33. The van der Waals surface area contributed by atoms with E-state index in [2.05, 4.69) is 6.92 Å². The molecule has 4 N–H and O–H groups in total. The SMILES string of the molecule is CCCCC(N)C(=O)N1CCC(CC(N)=O)CC1. The Bertz CT molecular complexity index is 286. The second-order valence-electron chi connectivity index (χ2n) is 5.19. The maximum Gasteiger partial charge on any atom is 0.239 e. The Morgan fingerprint density at radius 1 is 1.33 bits per heavy atom. The van der Waals surface area contributed by atoms with Gasteiger partial charge in [0.1, 0.15) is 0 Å². The normalized spacial score (nSPS) is 18.7. The molecule has 2 amide bonds. The highest BCUT2D eigenvalue weighted by atomic mass is 16.2. The molecule has 0 spiro atoms. The fourth-order valence-corrected chi connectivity index (χ4v) is 2.42. The Morgan fingerprint density at radius 3 is 2.44 bits per heavy atom. The number of nitrogens with zero attached hydrogens (tertiary/aromatic N) is 1. The van der Waals surface area contributed by atoms with Crippen LogP contribution in [-0.4, -0.2) is 35.8 Å². The lowest BCUT2D eigenvalue weighted by atomic mass is 9.93. The van der Waals surface area contributed by atoms with Crippen molar-refractivity contribution in [3.8, 4) is 0 Å². The Morgan fingerprint density at radius 2 is 1.94 bits per heavy atom. The zero-order valence-electron chi connectivity index (χ0n) is 11.2. The van der Waals surface area contributed by atoms with Crippen LogP contribution in [0.15, 0.2) is 0 Å². The second-order valence-corrected chi connectivity index (χ2v) is 5.19. The van der Waals surface area contributed by atoms with Crippen LogP contribution in [0.2, 0.25) is 0 Å². The zero-order chi connectivity index (χ0) is 13.5. The summed E-state index contributed by atoms with van der Waals surface area (Å²) < 4.78 is 0. The first kappa shape index (κ1) is 15.0. The number of carbonyl (C=O) groups excluding carboxylic acids is 2. The molecular formula is C13H25N3O2. The molecule has 0 aromatic heterocycles. The number of rotatable bonds is 6. The van der Waals surface area contributed by atoms with E-state index in [1.54, 1.807) is 0 Å². The fourth-order valence-electron chi connectivity index (χ4n) is 2.42. The van der Waals surface area contributed by atoms with Gasteiger partial charge >= 0.3 is 0 Å². The van der Waals surface area contributed by atoms with Crippen molar-refractivity contribution in [2.24, 2.45) is 17.4 Å². The number of carbonyl (C=O) groups is 2. The third kappa shape index (κ3) is 4.64. The maximum atomic E-state index is 12.0. The fraction of sp³-hybridized carbons (Fsp3) is 0.846. The van der Waals surface area contributed by atoms with Gasteiger partial charge in [-0.25, -0.2) is 0 Å². The maximum absolute atomic E-state index is 12.0. The van der Waals surface area contributed by atoms with Gasteiger partial charge in [0.25, 0.3) is 0 Å². The third-order valence-electron chi connectivity index (χ3n) is 3.60. The number of hydrogen-bond donors (Lipinski definition) is 2. The van der Waals surface area contributed by atoms with Crippen molar-refractivity contribution in [1.82, 2.24) is 4.90 Å². The average Bonchev–Trinajstić information content (AvgIpc) is 2.35. The molecule has 0 bridgehead atoms. The van der Waals surface area contributed by atoms with E-state index >= 15 is 0 Å². The van der Waals surface area contributed by atoms with Crippen LogP contribution in [0, 0.1) is 5.92 Å². The van der Waals surface area contributed by atoms with Crippen molar-refractivity contribution < 1.29 is 9.59 Å². The number of piperidine rings is 1. The number of nitrogens with two attached hydrogens (primary N) is 2. The van der Waals surface area contributed by atoms with Gasteiger partial charge in [0.15, 0.2) is 0 Å². The Hall–Kier alpha value is -1.10. The minimum atomic E-state index is -0.363. The molecule has 5 heteroatoms. The number of amides is 2. The molecule has 0 radical (unpaired) electrons. The zero-order valence-corrected chi connectivity index (χ0v) is 11.2. The van der Waals surface area contributed by atoms with Crippen LogP contribution < -0.4 is 11.5 Å². The van der Waals surface area contributed by atoms with E-state index in [0.717, 1.165) is 32.1 Å². The average molecular weight is 255 g/mol. The first-order chi connectivity index (χ1) is 8.54. The van der Waals surface area contributed by atoms with Gasteiger partial charge < -0.3 is 16.4 Å². The summed E-state index contributed by atoms with van der Waals surface area (Å²) in [5.74, 6) is 0.138. The predicted octanol–water partition coefficient (Wildman–Crippen LogP) is 0.618. The standard InChI is InChI=1S/C13H25N3O2/c1-2-3-4-11(14)13(18)16-7-5-10(6-8-16)9-12(15)17/h10-11H,2-9,14H2,1H3,(H2,15,17). The van der Waals surface area contributed by atoms with Gasteiger partial charge in [-0.05, 0) is 25.2 Å². The van der Waals surface area contributed by atoms with E-state index in [-0.39, 0.29) is 17.9 Å². The summed E-state index contributed by atoms with van der Waals surface area (Å²) in [5, 5.41) is 0. The van der Waals surface area contributed by atoms with Gasteiger partial charge in [0.05, 0.1) is 6.04 Å². The van der Waals surface area contributed by atoms with Gasteiger partial charge in [0, 0.05) is 19.5 Å². The molecule has 1 aliphatic rings. The molecule has 0 aliphatic carbocycles. The highest BCUT2D eigenvalue weighted by Gasteiger charge is 2.26. The molecule has 104 valence electrons. The highest BCUT2D eigenvalue weighted by Crippen LogP contribution is 2.20. The van der Waals surface area contributed by atoms with Crippen molar-refractivity contribution >= 4 is 11.8 Å². The molecule has 1 rings (SSSR count). The van der Waals surface area contributed by atoms with Crippen LogP contribution in [-0.2, 0) is 9.59 Å². The Kier molecular flexibility index (Phi) is 6.12. The van der Waals surface area contributed by atoms with Gasteiger partial charge in [-0.1, -0.05) is 19.8 Å². The molecular weight excluding hydrogens is 230 g/mol. The van der Waals surface area contributed by atoms with Crippen LogP contribution in [0.3, 0.4) is 0 Å². The van der Waals surface area contributed by atoms with Crippen LogP contribution >= 0.6 is 0 Å². The predicted molar refractivity (Wildman–Crippen MR) is 70.6 cm³/mol. The number of hydrogen-bond acceptors (Lipinski definition) is 3. The third-order valence-corrected chi connectivity index (χ3v) is 3.60. The monoisotopic (exact) mass is 255 g/mol. The summed E-state index contributed by atoms with van der Waals surface area (Å²) >= 11 is 0. The largest absolute Gasteiger partial charge is 0.370 e. The van der Waals surface area contributed by atoms with Crippen molar-refractivity contribution in [2.45, 2.75) is 51.5 Å². The quantitative estimate of drug-likeness (QED) is 0.729. The lowest BCUT2D eigenvalue weighted by Crippen LogP contribution is -2.47. The summed E-state index contributed by atoms with van der Waals surface area (Å²) in [5.41, 5.74) is 11.1. The highest BCUT2D eigenvalue weighted by molar-refractivity contribution is 5.81. The molecule has 1 fully saturated rings. The summed E-state index contributed by atoms with van der Waals surface area (Å²) in [6, 6.07) is -0.363. The van der Waals surface area contributed by atoms with Crippen molar-refractivity contribution in [1.29, 1.82) is 0 Å². The number of primary amides is 1.